The Morgan fingerprint density at radius 1 is 1.32 bits per heavy atom. The SMILES string of the molecule is CCCCCNC(=O)C(C)CS(=O)(=O)Nc1cccc(F)c1. The number of hydrogen-bond acceptors (Lipinski definition) is 3. The molecular weight excluding hydrogens is 307 g/mol. The molecule has 1 aromatic rings. The topological polar surface area (TPSA) is 75.3 Å². The maximum Gasteiger partial charge on any atom is 0.233 e. The number of anilines is 1. The second-order valence-electron chi connectivity index (χ2n) is 5.29. The van der Waals surface area contributed by atoms with Crippen LogP contribution in [-0.4, -0.2) is 26.6 Å². The van der Waals surface area contributed by atoms with E-state index in [0.29, 0.717) is 6.54 Å². The molecule has 22 heavy (non-hydrogen) atoms. The van der Waals surface area contributed by atoms with Crippen molar-refractivity contribution < 1.29 is 17.6 Å². The second-order valence-corrected chi connectivity index (χ2v) is 7.06. The second kappa shape index (κ2) is 8.73. The Balaban J connectivity index is 2.51. The van der Waals surface area contributed by atoms with Gasteiger partial charge in [-0.1, -0.05) is 32.8 Å². The molecule has 2 N–H and O–H groups in total. The van der Waals surface area contributed by atoms with Gasteiger partial charge in [0.2, 0.25) is 15.9 Å². The summed E-state index contributed by atoms with van der Waals surface area (Å²) in [6, 6.07) is 5.18. The van der Waals surface area contributed by atoms with Gasteiger partial charge in [0.05, 0.1) is 17.4 Å². The fourth-order valence-electron chi connectivity index (χ4n) is 1.94. The maximum atomic E-state index is 13.0. The molecule has 0 aliphatic carbocycles. The van der Waals surface area contributed by atoms with E-state index in [-0.39, 0.29) is 17.3 Å². The Labute approximate surface area is 131 Å². The maximum absolute atomic E-state index is 13.0. The van der Waals surface area contributed by atoms with Crippen molar-refractivity contribution in [2.24, 2.45) is 5.92 Å². The Kier molecular flexibility index (Phi) is 7.31. The minimum absolute atomic E-state index is 0.149. The van der Waals surface area contributed by atoms with Gasteiger partial charge >= 0.3 is 0 Å². The lowest BCUT2D eigenvalue weighted by Gasteiger charge is -2.14. The van der Waals surface area contributed by atoms with Crippen LogP contribution in [0.25, 0.3) is 0 Å². The fraction of sp³-hybridized carbons (Fsp3) is 0.533. The quantitative estimate of drug-likeness (QED) is 0.683. The van der Waals surface area contributed by atoms with Crippen molar-refractivity contribution in [3.05, 3.63) is 30.1 Å². The summed E-state index contributed by atoms with van der Waals surface area (Å²) in [5.74, 6) is -1.83. The van der Waals surface area contributed by atoms with E-state index in [2.05, 4.69) is 17.0 Å². The number of rotatable bonds is 9. The van der Waals surface area contributed by atoms with Crippen molar-refractivity contribution in [3.8, 4) is 0 Å². The van der Waals surface area contributed by atoms with Crippen LogP contribution in [0.15, 0.2) is 24.3 Å². The van der Waals surface area contributed by atoms with Gasteiger partial charge in [-0.25, -0.2) is 12.8 Å². The molecule has 0 aliphatic rings. The zero-order chi connectivity index (χ0) is 16.6. The van der Waals surface area contributed by atoms with E-state index in [4.69, 9.17) is 0 Å². The first-order chi connectivity index (χ1) is 10.3. The van der Waals surface area contributed by atoms with Gasteiger partial charge in [-0.2, -0.15) is 0 Å². The highest BCUT2D eigenvalue weighted by atomic mass is 32.2. The number of nitrogens with one attached hydrogen (secondary N) is 2. The van der Waals surface area contributed by atoms with E-state index in [9.17, 15) is 17.6 Å². The van der Waals surface area contributed by atoms with Gasteiger partial charge in [0.1, 0.15) is 5.82 Å². The van der Waals surface area contributed by atoms with E-state index in [0.717, 1.165) is 25.3 Å². The average Bonchev–Trinajstić information content (AvgIpc) is 2.42. The largest absolute Gasteiger partial charge is 0.356 e. The minimum Gasteiger partial charge on any atom is -0.356 e. The number of hydrogen-bond donors (Lipinski definition) is 2. The number of carbonyl (C=O) groups is 1. The minimum atomic E-state index is -3.71. The van der Waals surface area contributed by atoms with Gasteiger partial charge in [-0.05, 0) is 24.6 Å². The van der Waals surface area contributed by atoms with Crippen LogP contribution in [0, 0.1) is 11.7 Å². The van der Waals surface area contributed by atoms with E-state index >= 15 is 0 Å². The molecule has 1 atom stereocenters. The summed E-state index contributed by atoms with van der Waals surface area (Å²) in [6.07, 6.45) is 2.95. The predicted molar refractivity (Wildman–Crippen MR) is 85.5 cm³/mol. The average molecular weight is 330 g/mol. The van der Waals surface area contributed by atoms with E-state index in [1.54, 1.807) is 6.92 Å². The van der Waals surface area contributed by atoms with Crippen molar-refractivity contribution in [2.45, 2.75) is 33.1 Å². The molecule has 0 saturated heterocycles. The first-order valence-electron chi connectivity index (χ1n) is 7.38. The highest BCUT2D eigenvalue weighted by Gasteiger charge is 2.21. The first kappa shape index (κ1) is 18.4. The molecule has 0 heterocycles. The summed E-state index contributed by atoms with van der Waals surface area (Å²) in [5, 5.41) is 2.72. The number of carbonyl (C=O) groups excluding carboxylic acids is 1. The predicted octanol–water partition coefficient (Wildman–Crippen LogP) is 2.51. The van der Waals surface area contributed by atoms with Crippen molar-refractivity contribution >= 4 is 21.6 Å². The Morgan fingerprint density at radius 2 is 2.05 bits per heavy atom. The Morgan fingerprint density at radius 3 is 2.68 bits per heavy atom. The van der Waals surface area contributed by atoms with Crippen LogP contribution in [0.5, 0.6) is 0 Å². The molecule has 1 amide bonds. The molecule has 0 bridgehead atoms. The highest BCUT2D eigenvalue weighted by molar-refractivity contribution is 7.92. The number of sulfonamides is 1. The van der Waals surface area contributed by atoms with E-state index in [1.807, 2.05) is 0 Å². The summed E-state index contributed by atoms with van der Waals surface area (Å²) in [6.45, 7) is 4.17. The number of halogens is 1. The summed E-state index contributed by atoms with van der Waals surface area (Å²) in [7, 11) is -3.71. The Bertz CT molecular complexity index is 590. The standard InChI is InChI=1S/C15H23FN2O3S/c1-3-4-5-9-17-15(19)12(2)11-22(20,21)18-14-8-6-7-13(16)10-14/h6-8,10,12,18H,3-5,9,11H2,1-2H3,(H,17,19). The smallest absolute Gasteiger partial charge is 0.233 e. The van der Waals surface area contributed by atoms with Crippen LogP contribution >= 0.6 is 0 Å². The van der Waals surface area contributed by atoms with Crippen molar-refractivity contribution in [1.82, 2.24) is 5.32 Å². The highest BCUT2D eigenvalue weighted by Crippen LogP contribution is 2.12. The molecule has 7 heteroatoms. The molecule has 0 radical (unpaired) electrons. The monoisotopic (exact) mass is 330 g/mol. The molecule has 0 fully saturated rings. The first-order valence-corrected chi connectivity index (χ1v) is 9.03. The van der Waals surface area contributed by atoms with E-state index in [1.165, 1.54) is 18.2 Å². The zero-order valence-corrected chi connectivity index (χ0v) is 13.7. The lowest BCUT2D eigenvalue weighted by molar-refractivity contribution is -0.123. The third-order valence-corrected chi connectivity index (χ3v) is 4.58. The van der Waals surface area contributed by atoms with Crippen molar-refractivity contribution in [3.63, 3.8) is 0 Å². The molecule has 0 saturated carbocycles. The zero-order valence-electron chi connectivity index (χ0n) is 12.9. The molecule has 1 rings (SSSR count). The molecule has 0 aliphatic heterocycles. The van der Waals surface area contributed by atoms with E-state index < -0.39 is 21.8 Å². The molecule has 0 spiro atoms. The molecule has 1 aromatic carbocycles. The van der Waals surface area contributed by atoms with Gasteiger partial charge < -0.3 is 5.32 Å². The summed E-state index contributed by atoms with van der Waals surface area (Å²) in [4.78, 5) is 11.8. The fourth-order valence-corrected chi connectivity index (χ4v) is 3.32. The number of benzene rings is 1. The van der Waals surface area contributed by atoms with Gasteiger partial charge in [0, 0.05) is 6.54 Å². The van der Waals surface area contributed by atoms with Crippen LogP contribution in [0.3, 0.4) is 0 Å². The Hall–Kier alpha value is -1.63. The summed E-state index contributed by atoms with van der Waals surface area (Å²) >= 11 is 0. The third-order valence-electron chi connectivity index (χ3n) is 3.09. The molecule has 124 valence electrons. The van der Waals surface area contributed by atoms with Crippen LogP contribution < -0.4 is 10.0 Å². The summed E-state index contributed by atoms with van der Waals surface area (Å²) in [5.41, 5.74) is 0.149. The normalized spacial score (nSPS) is 12.7. The van der Waals surface area contributed by atoms with Gasteiger partial charge in [-0.15, -0.1) is 0 Å². The van der Waals surface area contributed by atoms with Gasteiger partial charge in [-0.3, -0.25) is 9.52 Å². The molecule has 0 aromatic heterocycles. The van der Waals surface area contributed by atoms with Gasteiger partial charge in [0.25, 0.3) is 0 Å². The van der Waals surface area contributed by atoms with Crippen molar-refractivity contribution in [1.29, 1.82) is 0 Å². The molecular formula is C15H23FN2O3S. The lowest BCUT2D eigenvalue weighted by atomic mass is 10.2. The number of unbranched alkanes of at least 4 members (excludes halogenated alkanes) is 2. The summed E-state index contributed by atoms with van der Waals surface area (Å²) < 4.78 is 39.3. The van der Waals surface area contributed by atoms with Crippen LogP contribution in [-0.2, 0) is 14.8 Å². The van der Waals surface area contributed by atoms with Crippen molar-refractivity contribution in [2.75, 3.05) is 17.0 Å². The van der Waals surface area contributed by atoms with Crippen LogP contribution in [0.2, 0.25) is 0 Å². The number of amides is 1. The lowest BCUT2D eigenvalue weighted by Crippen LogP contribution is -2.35. The van der Waals surface area contributed by atoms with Crippen LogP contribution in [0.1, 0.15) is 33.1 Å². The molecule has 1 unspecified atom stereocenters. The van der Waals surface area contributed by atoms with Crippen LogP contribution in [0.4, 0.5) is 10.1 Å². The molecule has 5 nitrogen and oxygen atoms in total. The third kappa shape index (κ3) is 6.89. The van der Waals surface area contributed by atoms with Gasteiger partial charge in [0.15, 0.2) is 0 Å².